The van der Waals surface area contributed by atoms with Crippen molar-refractivity contribution >= 4 is 5.91 Å². The van der Waals surface area contributed by atoms with Gasteiger partial charge in [-0.2, -0.15) is 0 Å². The molecule has 0 atom stereocenters. The highest BCUT2D eigenvalue weighted by molar-refractivity contribution is 6.02. The van der Waals surface area contributed by atoms with Crippen molar-refractivity contribution in [1.29, 1.82) is 0 Å². The summed E-state index contributed by atoms with van der Waals surface area (Å²) in [5.41, 5.74) is 11.9. The van der Waals surface area contributed by atoms with Crippen molar-refractivity contribution in [3.63, 3.8) is 0 Å². The van der Waals surface area contributed by atoms with E-state index in [9.17, 15) is 4.79 Å². The predicted molar refractivity (Wildman–Crippen MR) is 101 cm³/mol. The van der Waals surface area contributed by atoms with Gasteiger partial charge in [-0.15, -0.1) is 0 Å². The molecule has 0 saturated heterocycles. The zero-order chi connectivity index (χ0) is 18.1. The van der Waals surface area contributed by atoms with Crippen molar-refractivity contribution < 1.29 is 4.79 Å². The van der Waals surface area contributed by atoms with Crippen LogP contribution in [0.1, 0.15) is 67.8 Å². The number of benzene rings is 1. The average molecular weight is 326 g/mol. The minimum absolute atomic E-state index is 0.114. The number of hydrogen-bond donors (Lipinski definition) is 1. The second-order valence-corrected chi connectivity index (χ2v) is 7.62. The molecule has 0 aliphatic heterocycles. The Morgan fingerprint density at radius 3 is 2.12 bits per heavy atom. The highest BCUT2D eigenvalue weighted by Gasteiger charge is 2.22. The number of hydrogen-bond acceptors (Lipinski definition) is 1. The van der Waals surface area contributed by atoms with Gasteiger partial charge in [0.2, 0.25) is 0 Å². The van der Waals surface area contributed by atoms with E-state index >= 15 is 0 Å². The van der Waals surface area contributed by atoms with Gasteiger partial charge in [0.25, 0.3) is 5.91 Å². The Bertz CT molecular complexity index is 731. The second-order valence-electron chi connectivity index (χ2n) is 7.62. The quantitative estimate of drug-likeness (QED) is 0.828. The molecule has 3 heteroatoms. The van der Waals surface area contributed by atoms with Gasteiger partial charge in [-0.3, -0.25) is 4.79 Å². The summed E-state index contributed by atoms with van der Waals surface area (Å²) in [6.07, 6.45) is 2.22. The molecule has 1 aromatic carbocycles. The first-order valence-electron chi connectivity index (χ1n) is 8.78. The van der Waals surface area contributed by atoms with E-state index in [0.29, 0.717) is 5.56 Å². The van der Waals surface area contributed by atoms with Gasteiger partial charge in [0.15, 0.2) is 0 Å². The highest BCUT2D eigenvalue weighted by atomic mass is 16.1. The van der Waals surface area contributed by atoms with E-state index in [2.05, 4.69) is 63.5 Å². The van der Waals surface area contributed by atoms with Gasteiger partial charge < -0.3 is 10.3 Å². The lowest BCUT2D eigenvalue weighted by Crippen LogP contribution is -2.13. The summed E-state index contributed by atoms with van der Waals surface area (Å²) in [5, 5.41) is 0. The van der Waals surface area contributed by atoms with Crippen LogP contribution in [-0.4, -0.2) is 10.5 Å². The van der Waals surface area contributed by atoms with Crippen LogP contribution in [0.4, 0.5) is 0 Å². The summed E-state index contributed by atoms with van der Waals surface area (Å²) in [7, 11) is 0. The Labute approximate surface area is 145 Å². The molecule has 1 aromatic heterocycles. The largest absolute Gasteiger partial charge is 0.366 e. The number of nitrogens with two attached hydrogens (primary N) is 1. The molecule has 2 aromatic rings. The number of carbonyl (C=O) groups excluding carboxylic acids is 1. The first-order valence-corrected chi connectivity index (χ1v) is 8.78. The summed E-state index contributed by atoms with van der Waals surface area (Å²) in [4.78, 5) is 12.1. The van der Waals surface area contributed by atoms with E-state index in [4.69, 9.17) is 5.73 Å². The van der Waals surface area contributed by atoms with Gasteiger partial charge in [0, 0.05) is 23.5 Å². The minimum Gasteiger partial charge on any atom is -0.366 e. The van der Waals surface area contributed by atoms with Crippen LogP contribution in [0.15, 0.2) is 24.3 Å². The van der Waals surface area contributed by atoms with Crippen molar-refractivity contribution in [2.45, 2.75) is 66.3 Å². The molecule has 0 aliphatic rings. The Hall–Kier alpha value is -2.03. The lowest BCUT2D eigenvalue weighted by Gasteiger charge is -2.19. The molecular weight excluding hydrogens is 296 g/mol. The summed E-state index contributed by atoms with van der Waals surface area (Å²) in [6, 6.07) is 8.52. The molecule has 0 aliphatic carbocycles. The van der Waals surface area contributed by atoms with E-state index in [-0.39, 0.29) is 11.3 Å². The van der Waals surface area contributed by atoms with Gasteiger partial charge in [-0.25, -0.2) is 0 Å². The molecule has 0 spiro atoms. The van der Waals surface area contributed by atoms with Crippen LogP contribution < -0.4 is 5.73 Å². The molecule has 1 heterocycles. The summed E-state index contributed by atoms with van der Waals surface area (Å²) >= 11 is 0. The molecule has 3 nitrogen and oxygen atoms in total. The van der Waals surface area contributed by atoms with Gasteiger partial charge >= 0.3 is 0 Å². The van der Waals surface area contributed by atoms with E-state index in [0.717, 1.165) is 41.9 Å². The fraction of sp³-hybridized carbons (Fsp3) is 0.476. The normalized spacial score (nSPS) is 11.8. The zero-order valence-corrected chi connectivity index (χ0v) is 15.9. The molecule has 0 saturated carbocycles. The fourth-order valence-electron chi connectivity index (χ4n) is 3.33. The molecule has 2 N–H and O–H groups in total. The van der Waals surface area contributed by atoms with Crippen molar-refractivity contribution in [3.8, 4) is 11.1 Å². The van der Waals surface area contributed by atoms with Gasteiger partial charge in [0.05, 0.1) is 5.56 Å². The lowest BCUT2D eigenvalue weighted by atomic mass is 9.86. The third-order valence-corrected chi connectivity index (χ3v) is 4.80. The number of rotatable bonds is 5. The maximum absolute atomic E-state index is 12.1. The molecule has 0 unspecified atom stereocenters. The lowest BCUT2D eigenvalue weighted by molar-refractivity contribution is 0.1000. The molecular formula is C21H30N2O. The van der Waals surface area contributed by atoms with Crippen molar-refractivity contribution in [1.82, 2.24) is 4.57 Å². The van der Waals surface area contributed by atoms with Crippen LogP contribution in [-0.2, 0) is 12.0 Å². The van der Waals surface area contributed by atoms with Crippen molar-refractivity contribution in [2.24, 2.45) is 5.73 Å². The first-order chi connectivity index (χ1) is 11.2. The van der Waals surface area contributed by atoms with Crippen LogP contribution in [0.3, 0.4) is 0 Å². The van der Waals surface area contributed by atoms with Crippen LogP contribution in [0, 0.1) is 13.8 Å². The Morgan fingerprint density at radius 1 is 1.08 bits per heavy atom. The average Bonchev–Trinajstić information content (AvgIpc) is 2.75. The van der Waals surface area contributed by atoms with Gasteiger partial charge in [0.1, 0.15) is 0 Å². The fourth-order valence-corrected chi connectivity index (χ4v) is 3.33. The third-order valence-electron chi connectivity index (χ3n) is 4.80. The third kappa shape index (κ3) is 3.40. The smallest absolute Gasteiger partial charge is 0.251 e. The highest BCUT2D eigenvalue weighted by Crippen LogP contribution is 2.34. The van der Waals surface area contributed by atoms with Crippen LogP contribution >= 0.6 is 0 Å². The SMILES string of the molecule is CCCCn1c(C)c(C(N)=O)c(-c2ccc(C(C)(C)C)cc2)c1C. The number of aromatic nitrogens is 1. The molecule has 24 heavy (non-hydrogen) atoms. The van der Waals surface area contributed by atoms with Crippen LogP contribution in [0.5, 0.6) is 0 Å². The van der Waals surface area contributed by atoms with E-state index in [1.54, 1.807) is 0 Å². The molecule has 0 bridgehead atoms. The maximum Gasteiger partial charge on any atom is 0.251 e. The van der Waals surface area contributed by atoms with Crippen molar-refractivity contribution in [2.75, 3.05) is 0 Å². The summed E-state index contributed by atoms with van der Waals surface area (Å²) in [6.45, 7) is 13.8. The van der Waals surface area contributed by atoms with Gasteiger partial charge in [-0.05, 0) is 36.8 Å². The van der Waals surface area contributed by atoms with Crippen LogP contribution in [0.2, 0.25) is 0 Å². The maximum atomic E-state index is 12.1. The number of nitrogens with zero attached hydrogens (tertiary/aromatic N) is 1. The number of unbranched alkanes of at least 4 members (excludes halogenated alkanes) is 1. The van der Waals surface area contributed by atoms with Crippen molar-refractivity contribution in [3.05, 3.63) is 46.8 Å². The van der Waals surface area contributed by atoms with E-state index in [1.807, 2.05) is 6.92 Å². The molecule has 2 rings (SSSR count). The van der Waals surface area contributed by atoms with Gasteiger partial charge in [-0.1, -0.05) is 58.4 Å². The number of amides is 1. The predicted octanol–water partition coefficient (Wildman–Crippen LogP) is 4.97. The Morgan fingerprint density at radius 2 is 1.67 bits per heavy atom. The molecule has 0 fully saturated rings. The Kier molecular flexibility index (Phi) is 5.22. The summed E-state index contributed by atoms with van der Waals surface area (Å²) < 4.78 is 2.23. The number of carbonyl (C=O) groups is 1. The second kappa shape index (κ2) is 6.84. The summed E-state index contributed by atoms with van der Waals surface area (Å²) in [5.74, 6) is -0.347. The van der Waals surface area contributed by atoms with E-state index < -0.39 is 0 Å². The van der Waals surface area contributed by atoms with E-state index in [1.165, 1.54) is 5.56 Å². The standard InChI is InChI=1S/C21H30N2O/c1-7-8-13-23-14(2)18(19(15(23)3)20(22)24)16-9-11-17(12-10-16)21(4,5)6/h9-12H,7-8,13H2,1-6H3,(H2,22,24). The Balaban J connectivity index is 2.58. The minimum atomic E-state index is -0.347. The first kappa shape index (κ1) is 18.3. The molecule has 130 valence electrons. The van der Waals surface area contributed by atoms with Crippen LogP contribution in [0.25, 0.3) is 11.1 Å². The number of primary amides is 1. The zero-order valence-electron chi connectivity index (χ0n) is 15.9. The topological polar surface area (TPSA) is 48.0 Å². The molecule has 0 radical (unpaired) electrons. The monoisotopic (exact) mass is 326 g/mol. The molecule has 1 amide bonds.